The van der Waals surface area contributed by atoms with E-state index in [2.05, 4.69) is 39.2 Å². The largest absolute Gasteiger partial charge is 0.490 e. The van der Waals surface area contributed by atoms with Crippen LogP contribution in [0, 0.1) is 12.5 Å². The molecule has 28 heavy (non-hydrogen) atoms. The zero-order valence-corrected chi connectivity index (χ0v) is 16.0. The molecule has 0 radical (unpaired) electrons. The number of nitrogens with zero attached hydrogens (tertiary/aromatic N) is 2. The summed E-state index contributed by atoms with van der Waals surface area (Å²) in [5, 5.41) is 6.96. The molecule has 1 aromatic carbocycles. The topological polar surface area (TPSA) is 50.5 Å². The molecule has 1 aromatic heterocycles. The van der Waals surface area contributed by atoms with Gasteiger partial charge in [0.1, 0.15) is 12.4 Å². The Morgan fingerprint density at radius 2 is 2.25 bits per heavy atom. The van der Waals surface area contributed by atoms with Gasteiger partial charge in [0.2, 0.25) is 0 Å². The summed E-state index contributed by atoms with van der Waals surface area (Å²) in [6.07, 6.45) is 6.90. The second-order valence-electron chi connectivity index (χ2n) is 6.87. The third-order valence-electron chi connectivity index (χ3n) is 4.60. The molecule has 144 valence electrons. The lowest BCUT2D eigenvalue weighted by atomic mass is 10.1. The first-order chi connectivity index (χ1) is 13.8. The van der Waals surface area contributed by atoms with Crippen LogP contribution in [0.4, 0.5) is 5.82 Å². The lowest BCUT2D eigenvalue weighted by Crippen LogP contribution is -2.24. The standard InChI is InChI=1S/C23H26N4O/c1-3-11-28-22-13-18(7-8-21-5-4-6-23(24-2)27-21)12-20(14-22)17-26-16-19-9-10-25-15-19/h3-8,12-14,19,25-26H,1,9-11,15-17H2/b8-7+. The average Bonchev–Trinajstić information content (AvgIpc) is 3.24. The highest BCUT2D eigenvalue weighted by atomic mass is 16.5. The molecule has 0 bridgehead atoms. The van der Waals surface area contributed by atoms with Crippen LogP contribution < -0.4 is 15.4 Å². The van der Waals surface area contributed by atoms with Crippen LogP contribution >= 0.6 is 0 Å². The summed E-state index contributed by atoms with van der Waals surface area (Å²) in [7, 11) is 0. The van der Waals surface area contributed by atoms with Crippen LogP contribution in [0.2, 0.25) is 0 Å². The van der Waals surface area contributed by atoms with Crippen LogP contribution in [0.1, 0.15) is 23.2 Å². The quantitative estimate of drug-likeness (QED) is 0.513. The van der Waals surface area contributed by atoms with Crippen molar-refractivity contribution in [2.45, 2.75) is 13.0 Å². The summed E-state index contributed by atoms with van der Waals surface area (Å²) < 4.78 is 5.76. The van der Waals surface area contributed by atoms with Gasteiger partial charge in [0.15, 0.2) is 5.69 Å². The maximum Gasteiger partial charge on any atom is 0.270 e. The van der Waals surface area contributed by atoms with Crippen molar-refractivity contribution in [2.75, 3.05) is 26.2 Å². The Kier molecular flexibility index (Phi) is 7.36. The van der Waals surface area contributed by atoms with Gasteiger partial charge < -0.3 is 20.2 Å². The second kappa shape index (κ2) is 10.4. The van der Waals surface area contributed by atoms with Crippen LogP contribution in [0.5, 0.6) is 5.75 Å². The number of ether oxygens (including phenoxy) is 1. The Balaban J connectivity index is 1.71. The molecule has 5 heteroatoms. The first kappa shape index (κ1) is 19.8. The summed E-state index contributed by atoms with van der Waals surface area (Å²) in [4.78, 5) is 7.67. The molecule has 1 atom stereocenters. The zero-order valence-electron chi connectivity index (χ0n) is 16.0. The maximum absolute atomic E-state index is 7.09. The Morgan fingerprint density at radius 3 is 3.04 bits per heavy atom. The molecule has 2 aromatic rings. The van der Waals surface area contributed by atoms with E-state index in [4.69, 9.17) is 11.3 Å². The molecule has 0 spiro atoms. The van der Waals surface area contributed by atoms with Crippen LogP contribution in [-0.2, 0) is 6.54 Å². The van der Waals surface area contributed by atoms with E-state index in [1.165, 1.54) is 12.0 Å². The van der Waals surface area contributed by atoms with E-state index in [-0.39, 0.29) is 0 Å². The molecule has 5 nitrogen and oxygen atoms in total. The van der Waals surface area contributed by atoms with E-state index in [0.717, 1.165) is 43.2 Å². The van der Waals surface area contributed by atoms with Crippen LogP contribution in [-0.4, -0.2) is 31.2 Å². The SMILES string of the molecule is [C-]#[N+]c1cccc(/C=C/c2cc(CNCC3CCNC3)cc(OCC=C)c2)n1. The van der Waals surface area contributed by atoms with Gasteiger partial charge in [-0.2, -0.15) is 0 Å². The van der Waals surface area contributed by atoms with Crippen molar-refractivity contribution in [1.82, 2.24) is 15.6 Å². The number of aromatic nitrogens is 1. The Bertz CT molecular complexity index is 863. The van der Waals surface area contributed by atoms with E-state index < -0.39 is 0 Å². The molecular weight excluding hydrogens is 348 g/mol. The number of benzene rings is 1. The summed E-state index contributed by atoms with van der Waals surface area (Å²) in [6.45, 7) is 15.3. The number of hydrogen-bond donors (Lipinski definition) is 2. The van der Waals surface area contributed by atoms with Crippen molar-refractivity contribution in [3.63, 3.8) is 0 Å². The van der Waals surface area contributed by atoms with E-state index in [1.807, 2.05) is 30.4 Å². The van der Waals surface area contributed by atoms with Crippen molar-refractivity contribution >= 4 is 18.0 Å². The molecule has 2 heterocycles. The van der Waals surface area contributed by atoms with Gasteiger partial charge in [0.05, 0.1) is 0 Å². The molecule has 1 aliphatic rings. The average molecular weight is 374 g/mol. The molecule has 3 rings (SSSR count). The molecule has 0 saturated carbocycles. The van der Waals surface area contributed by atoms with Gasteiger partial charge in [-0.1, -0.05) is 37.4 Å². The van der Waals surface area contributed by atoms with Crippen molar-refractivity contribution in [1.29, 1.82) is 0 Å². The molecule has 1 fully saturated rings. The predicted octanol–water partition coefficient (Wildman–Crippen LogP) is 4.07. The van der Waals surface area contributed by atoms with Gasteiger partial charge in [-0.25, -0.2) is 0 Å². The van der Waals surface area contributed by atoms with Gasteiger partial charge in [-0.05, 0) is 73.4 Å². The minimum atomic E-state index is 0.400. The molecule has 2 N–H and O–H groups in total. The van der Waals surface area contributed by atoms with Crippen molar-refractivity contribution in [2.24, 2.45) is 5.92 Å². The fourth-order valence-electron chi connectivity index (χ4n) is 3.21. The van der Waals surface area contributed by atoms with Crippen molar-refractivity contribution < 1.29 is 4.74 Å². The van der Waals surface area contributed by atoms with Gasteiger partial charge in [0, 0.05) is 6.54 Å². The smallest absolute Gasteiger partial charge is 0.270 e. The number of hydrogen-bond acceptors (Lipinski definition) is 4. The van der Waals surface area contributed by atoms with E-state index in [9.17, 15) is 0 Å². The third-order valence-corrected chi connectivity index (χ3v) is 4.60. The van der Waals surface area contributed by atoms with Gasteiger partial charge in [-0.15, -0.1) is 4.98 Å². The lowest BCUT2D eigenvalue weighted by Gasteiger charge is -2.12. The van der Waals surface area contributed by atoms with Crippen LogP contribution in [0.25, 0.3) is 17.0 Å². The van der Waals surface area contributed by atoms with Gasteiger partial charge >= 0.3 is 0 Å². The molecular formula is C23H26N4O. The fraction of sp³-hybridized carbons (Fsp3) is 0.304. The Hall–Kier alpha value is -2.94. The second-order valence-corrected chi connectivity index (χ2v) is 6.87. The van der Waals surface area contributed by atoms with Gasteiger partial charge in [-0.3, -0.25) is 0 Å². The highest BCUT2D eigenvalue weighted by Crippen LogP contribution is 2.20. The third kappa shape index (κ3) is 6.05. The normalized spacial score (nSPS) is 16.2. The van der Waals surface area contributed by atoms with Crippen LogP contribution in [0.15, 0.2) is 49.1 Å². The molecule has 1 unspecified atom stereocenters. The Morgan fingerprint density at radius 1 is 1.32 bits per heavy atom. The first-order valence-corrected chi connectivity index (χ1v) is 9.58. The first-order valence-electron chi connectivity index (χ1n) is 9.58. The van der Waals surface area contributed by atoms with Gasteiger partial charge in [0.25, 0.3) is 5.82 Å². The van der Waals surface area contributed by atoms with Crippen molar-refractivity contribution in [3.8, 4) is 5.75 Å². The summed E-state index contributed by atoms with van der Waals surface area (Å²) in [5.74, 6) is 1.93. The Labute approximate surface area is 167 Å². The van der Waals surface area contributed by atoms with E-state index >= 15 is 0 Å². The zero-order chi connectivity index (χ0) is 19.6. The minimum Gasteiger partial charge on any atom is -0.490 e. The summed E-state index contributed by atoms with van der Waals surface area (Å²) in [5.41, 5.74) is 2.98. The molecule has 0 amide bonds. The van der Waals surface area contributed by atoms with E-state index in [0.29, 0.717) is 18.3 Å². The minimum absolute atomic E-state index is 0.400. The molecule has 1 aliphatic heterocycles. The summed E-state index contributed by atoms with van der Waals surface area (Å²) in [6, 6.07) is 11.7. The lowest BCUT2D eigenvalue weighted by molar-refractivity contribution is 0.362. The van der Waals surface area contributed by atoms with Crippen LogP contribution in [0.3, 0.4) is 0 Å². The molecule has 0 aliphatic carbocycles. The number of nitrogens with one attached hydrogen (secondary N) is 2. The number of rotatable bonds is 9. The molecule has 1 saturated heterocycles. The highest BCUT2D eigenvalue weighted by molar-refractivity contribution is 5.69. The fourth-order valence-corrected chi connectivity index (χ4v) is 3.21. The number of pyridine rings is 1. The van der Waals surface area contributed by atoms with Crippen molar-refractivity contribution in [3.05, 3.63) is 77.3 Å². The monoisotopic (exact) mass is 374 g/mol. The summed E-state index contributed by atoms with van der Waals surface area (Å²) >= 11 is 0. The highest BCUT2D eigenvalue weighted by Gasteiger charge is 2.13. The maximum atomic E-state index is 7.09. The predicted molar refractivity (Wildman–Crippen MR) is 114 cm³/mol. The van der Waals surface area contributed by atoms with E-state index in [1.54, 1.807) is 12.1 Å².